The Morgan fingerprint density at radius 1 is 1.41 bits per heavy atom. The summed E-state index contributed by atoms with van der Waals surface area (Å²) in [6.07, 6.45) is -0.462. The first-order valence-electron chi connectivity index (χ1n) is 6.53. The first kappa shape index (κ1) is 15.7. The van der Waals surface area contributed by atoms with Crippen molar-refractivity contribution in [2.75, 3.05) is 6.54 Å². The van der Waals surface area contributed by atoms with Crippen molar-refractivity contribution in [1.29, 1.82) is 0 Å². The van der Waals surface area contributed by atoms with Crippen LogP contribution in [0.1, 0.15) is 24.9 Å². The van der Waals surface area contributed by atoms with E-state index in [1.54, 1.807) is 0 Å². The highest BCUT2D eigenvalue weighted by molar-refractivity contribution is 6.08. The number of carboxylic acids is 1. The molecule has 0 aromatic heterocycles. The molecule has 0 bridgehead atoms. The third-order valence-electron chi connectivity index (χ3n) is 3.40. The zero-order valence-electron chi connectivity index (χ0n) is 11.7. The average Bonchev–Trinajstić information content (AvgIpc) is 2.69. The number of halogens is 1. The molecule has 116 valence electrons. The summed E-state index contributed by atoms with van der Waals surface area (Å²) < 4.78 is 13.4. The predicted octanol–water partition coefficient (Wildman–Crippen LogP) is 0.250. The maximum atomic E-state index is 13.4. The third kappa shape index (κ3) is 2.83. The van der Waals surface area contributed by atoms with Crippen molar-refractivity contribution in [3.8, 4) is 0 Å². The first-order chi connectivity index (χ1) is 10.3. The summed E-state index contributed by atoms with van der Waals surface area (Å²) in [7, 11) is 0. The molecule has 22 heavy (non-hydrogen) atoms. The number of benzene rings is 1. The van der Waals surface area contributed by atoms with Crippen LogP contribution in [0, 0.1) is 5.82 Å². The molecule has 1 N–H and O–H groups in total. The van der Waals surface area contributed by atoms with E-state index < -0.39 is 41.7 Å². The number of hydrogen-bond acceptors (Lipinski definition) is 5. The van der Waals surface area contributed by atoms with E-state index in [0.717, 1.165) is 11.0 Å². The van der Waals surface area contributed by atoms with E-state index in [1.165, 1.54) is 25.1 Å². The molecule has 2 rings (SSSR count). The van der Waals surface area contributed by atoms with Crippen LogP contribution in [0.15, 0.2) is 35.6 Å². The highest BCUT2D eigenvalue weighted by Gasteiger charge is 2.42. The van der Waals surface area contributed by atoms with E-state index in [1.807, 2.05) is 0 Å². The van der Waals surface area contributed by atoms with Gasteiger partial charge in [0.15, 0.2) is 11.5 Å². The second-order valence-corrected chi connectivity index (χ2v) is 4.90. The van der Waals surface area contributed by atoms with E-state index in [2.05, 4.69) is 0 Å². The summed E-state index contributed by atoms with van der Waals surface area (Å²) in [6.45, 7) is 0.913. The van der Waals surface area contributed by atoms with Crippen LogP contribution < -0.4 is 5.11 Å². The molecule has 0 unspecified atom stereocenters. The molecule has 1 amide bonds. The first-order valence-corrected chi connectivity index (χ1v) is 6.53. The summed E-state index contributed by atoms with van der Waals surface area (Å²) >= 11 is 0. The topological polar surface area (TPSA) is 97.7 Å². The van der Waals surface area contributed by atoms with Gasteiger partial charge in [0.2, 0.25) is 0 Å². The molecule has 0 saturated carbocycles. The van der Waals surface area contributed by atoms with Gasteiger partial charge in [0.1, 0.15) is 5.82 Å². The summed E-state index contributed by atoms with van der Waals surface area (Å²) in [5, 5.41) is 20.5. The average molecular weight is 306 g/mol. The molecule has 1 aromatic carbocycles. The number of rotatable bonds is 5. The Morgan fingerprint density at radius 2 is 2.09 bits per heavy atom. The van der Waals surface area contributed by atoms with E-state index in [-0.39, 0.29) is 17.7 Å². The number of carbonyl (C=O) groups is 3. The second-order valence-electron chi connectivity index (χ2n) is 4.90. The zero-order valence-corrected chi connectivity index (χ0v) is 11.7. The van der Waals surface area contributed by atoms with Gasteiger partial charge < -0.3 is 19.9 Å². The fraction of sp³-hybridized carbons (Fsp3) is 0.267. The van der Waals surface area contributed by atoms with Gasteiger partial charge in [-0.25, -0.2) is 4.39 Å². The molecular formula is C15H13FNO5-. The van der Waals surface area contributed by atoms with Crippen LogP contribution in [0.4, 0.5) is 4.39 Å². The van der Waals surface area contributed by atoms with Gasteiger partial charge >= 0.3 is 0 Å². The predicted molar refractivity (Wildman–Crippen MR) is 70.8 cm³/mol. The van der Waals surface area contributed by atoms with E-state index >= 15 is 0 Å². The maximum absolute atomic E-state index is 13.4. The number of aliphatic hydroxyl groups excluding tert-OH is 1. The Bertz CT molecular complexity index is 682. The number of carboxylic acid groups (broad SMARTS) is 1. The molecular weight excluding hydrogens is 293 g/mol. The molecule has 0 aliphatic carbocycles. The molecule has 0 fully saturated rings. The van der Waals surface area contributed by atoms with Crippen molar-refractivity contribution in [2.45, 2.75) is 19.4 Å². The van der Waals surface area contributed by atoms with Gasteiger partial charge in [0.25, 0.3) is 5.91 Å². The SMILES string of the molecule is CC(=O)C1=C(O)C(=O)N(CCC(=O)[O-])[C@@H]1c1cccc(F)c1. The number of ketones is 1. The Labute approximate surface area is 125 Å². The number of aliphatic carboxylic acids is 1. The fourth-order valence-corrected chi connectivity index (χ4v) is 2.48. The standard InChI is InChI=1S/C15H14FNO5/c1-8(18)12-13(9-3-2-4-10(16)7-9)17(6-5-11(19)20)15(22)14(12)21/h2-4,7,13,21H,5-6H2,1H3,(H,19,20)/p-1/t13-/m1/s1. The highest BCUT2D eigenvalue weighted by atomic mass is 19.1. The van der Waals surface area contributed by atoms with Crippen molar-refractivity contribution in [3.05, 3.63) is 47.0 Å². The Kier molecular flexibility index (Phi) is 4.25. The van der Waals surface area contributed by atoms with Crippen molar-refractivity contribution >= 4 is 17.7 Å². The molecule has 6 nitrogen and oxygen atoms in total. The number of amides is 1. The largest absolute Gasteiger partial charge is 0.550 e. The summed E-state index contributed by atoms with van der Waals surface area (Å²) in [6, 6.07) is 4.21. The second kappa shape index (κ2) is 5.97. The van der Waals surface area contributed by atoms with Crippen LogP contribution in [0.5, 0.6) is 0 Å². The van der Waals surface area contributed by atoms with Gasteiger partial charge in [-0.3, -0.25) is 9.59 Å². The van der Waals surface area contributed by atoms with Gasteiger partial charge in [-0.2, -0.15) is 0 Å². The van der Waals surface area contributed by atoms with Gasteiger partial charge in [-0.1, -0.05) is 12.1 Å². The molecule has 0 radical (unpaired) electrons. The van der Waals surface area contributed by atoms with Crippen molar-refractivity contribution < 1.29 is 29.0 Å². The fourth-order valence-electron chi connectivity index (χ4n) is 2.48. The lowest BCUT2D eigenvalue weighted by molar-refractivity contribution is -0.305. The van der Waals surface area contributed by atoms with Crippen molar-refractivity contribution in [3.63, 3.8) is 0 Å². The minimum atomic E-state index is -1.37. The zero-order chi connectivity index (χ0) is 16.4. The third-order valence-corrected chi connectivity index (χ3v) is 3.40. The van der Waals surface area contributed by atoms with Crippen LogP contribution in [0.2, 0.25) is 0 Å². The minimum Gasteiger partial charge on any atom is -0.550 e. The maximum Gasteiger partial charge on any atom is 0.290 e. The summed E-state index contributed by atoms with van der Waals surface area (Å²) in [4.78, 5) is 35.4. The van der Waals surface area contributed by atoms with Crippen LogP contribution in [0.25, 0.3) is 0 Å². The number of carbonyl (C=O) groups excluding carboxylic acids is 3. The van der Waals surface area contributed by atoms with E-state index in [0.29, 0.717) is 0 Å². The summed E-state index contributed by atoms with van der Waals surface area (Å²) in [5.41, 5.74) is 0.106. The van der Waals surface area contributed by atoms with Crippen LogP contribution in [0.3, 0.4) is 0 Å². The molecule has 0 spiro atoms. The number of aliphatic hydroxyl groups is 1. The molecule has 1 heterocycles. The Hall–Kier alpha value is -2.70. The van der Waals surface area contributed by atoms with Gasteiger partial charge in [0.05, 0.1) is 11.6 Å². The van der Waals surface area contributed by atoms with E-state index in [9.17, 15) is 29.0 Å². The lowest BCUT2D eigenvalue weighted by atomic mass is 9.96. The molecule has 1 aliphatic rings. The highest BCUT2D eigenvalue weighted by Crippen LogP contribution is 2.37. The molecule has 7 heteroatoms. The van der Waals surface area contributed by atoms with Crippen molar-refractivity contribution in [2.24, 2.45) is 0 Å². The minimum absolute atomic E-state index is 0.172. The lowest BCUT2D eigenvalue weighted by Gasteiger charge is -2.26. The number of Topliss-reactive ketones (excluding diaryl/α,β-unsaturated/α-hetero) is 1. The van der Waals surface area contributed by atoms with Gasteiger partial charge in [-0.05, 0) is 24.6 Å². The molecule has 0 saturated heterocycles. The molecule has 1 aliphatic heterocycles. The normalized spacial score (nSPS) is 18.0. The molecule has 1 aromatic rings. The van der Waals surface area contributed by atoms with Crippen LogP contribution >= 0.6 is 0 Å². The van der Waals surface area contributed by atoms with Gasteiger partial charge in [0, 0.05) is 18.9 Å². The smallest absolute Gasteiger partial charge is 0.290 e. The number of hydrogen-bond donors (Lipinski definition) is 1. The lowest BCUT2D eigenvalue weighted by Crippen LogP contribution is -2.35. The number of nitrogens with zero attached hydrogens (tertiary/aromatic N) is 1. The van der Waals surface area contributed by atoms with Crippen LogP contribution in [-0.4, -0.2) is 34.2 Å². The van der Waals surface area contributed by atoms with E-state index in [4.69, 9.17) is 0 Å². The summed E-state index contributed by atoms with van der Waals surface area (Å²) in [5.74, 6) is -4.09. The molecule has 1 atom stereocenters. The monoisotopic (exact) mass is 306 g/mol. The van der Waals surface area contributed by atoms with Crippen molar-refractivity contribution in [1.82, 2.24) is 4.90 Å². The van der Waals surface area contributed by atoms with Gasteiger partial charge in [-0.15, -0.1) is 0 Å². The Morgan fingerprint density at radius 3 is 2.64 bits per heavy atom. The Balaban J connectivity index is 2.48. The quantitative estimate of drug-likeness (QED) is 0.841. The van der Waals surface area contributed by atoms with Crippen LogP contribution in [-0.2, 0) is 14.4 Å².